The standard InChI is InChI=1S/C10H11Br2NO2S/c11-7-4-6(16-9(7)12)5-13-3-1-2-8(13)10(14)15/h4,8H,1-3,5H2,(H,14,15). The topological polar surface area (TPSA) is 40.5 Å². The van der Waals surface area contributed by atoms with E-state index in [1.54, 1.807) is 11.3 Å². The van der Waals surface area contributed by atoms with E-state index in [-0.39, 0.29) is 6.04 Å². The van der Waals surface area contributed by atoms with Gasteiger partial charge >= 0.3 is 5.97 Å². The number of carboxylic acids is 1. The van der Waals surface area contributed by atoms with Crippen LogP contribution in [0.25, 0.3) is 0 Å². The third-order valence-electron chi connectivity index (χ3n) is 2.70. The van der Waals surface area contributed by atoms with Crippen LogP contribution in [0.15, 0.2) is 14.3 Å². The maximum absolute atomic E-state index is 11.0. The zero-order valence-electron chi connectivity index (χ0n) is 8.45. The molecule has 1 aromatic heterocycles. The number of hydrogen-bond acceptors (Lipinski definition) is 3. The van der Waals surface area contributed by atoms with E-state index in [1.807, 2.05) is 11.0 Å². The summed E-state index contributed by atoms with van der Waals surface area (Å²) in [5.74, 6) is -0.702. The molecule has 1 atom stereocenters. The molecule has 16 heavy (non-hydrogen) atoms. The van der Waals surface area contributed by atoms with Crippen molar-refractivity contribution < 1.29 is 9.90 Å². The lowest BCUT2D eigenvalue weighted by Crippen LogP contribution is -2.35. The Morgan fingerprint density at radius 3 is 2.94 bits per heavy atom. The first-order valence-electron chi connectivity index (χ1n) is 4.98. The Balaban J connectivity index is 2.06. The first-order chi connectivity index (χ1) is 7.58. The lowest BCUT2D eigenvalue weighted by atomic mass is 10.2. The zero-order chi connectivity index (χ0) is 11.7. The van der Waals surface area contributed by atoms with Crippen LogP contribution >= 0.6 is 43.2 Å². The molecule has 3 nitrogen and oxygen atoms in total. The second-order valence-corrected chi connectivity index (χ2v) is 7.11. The van der Waals surface area contributed by atoms with Crippen molar-refractivity contribution in [3.63, 3.8) is 0 Å². The second-order valence-electron chi connectivity index (χ2n) is 3.80. The highest BCUT2D eigenvalue weighted by Gasteiger charge is 2.30. The van der Waals surface area contributed by atoms with Crippen molar-refractivity contribution in [2.75, 3.05) is 6.54 Å². The summed E-state index contributed by atoms with van der Waals surface area (Å²) in [7, 11) is 0. The third kappa shape index (κ3) is 2.67. The third-order valence-corrected chi connectivity index (χ3v) is 5.94. The average molecular weight is 369 g/mol. The summed E-state index contributed by atoms with van der Waals surface area (Å²) >= 11 is 8.53. The van der Waals surface area contributed by atoms with Crippen LogP contribution in [0.1, 0.15) is 17.7 Å². The van der Waals surface area contributed by atoms with Crippen molar-refractivity contribution in [1.82, 2.24) is 4.90 Å². The number of carbonyl (C=O) groups is 1. The lowest BCUT2D eigenvalue weighted by Gasteiger charge is -2.19. The van der Waals surface area contributed by atoms with Crippen molar-refractivity contribution in [3.8, 4) is 0 Å². The Hall–Kier alpha value is 0.0900. The van der Waals surface area contributed by atoms with E-state index in [0.717, 1.165) is 34.2 Å². The van der Waals surface area contributed by atoms with E-state index >= 15 is 0 Å². The highest BCUT2D eigenvalue weighted by molar-refractivity contribution is 9.13. The monoisotopic (exact) mass is 367 g/mol. The van der Waals surface area contributed by atoms with E-state index in [4.69, 9.17) is 5.11 Å². The summed E-state index contributed by atoms with van der Waals surface area (Å²) in [6, 6.07) is 1.74. The van der Waals surface area contributed by atoms with Gasteiger partial charge in [0.15, 0.2) is 0 Å². The van der Waals surface area contributed by atoms with Crippen LogP contribution in [0.5, 0.6) is 0 Å². The molecule has 88 valence electrons. The smallest absolute Gasteiger partial charge is 0.320 e. The molecule has 0 aliphatic carbocycles. The van der Waals surface area contributed by atoms with Gasteiger partial charge in [0.05, 0.1) is 3.79 Å². The van der Waals surface area contributed by atoms with Crippen molar-refractivity contribution >= 4 is 49.2 Å². The molecule has 0 saturated carbocycles. The van der Waals surface area contributed by atoms with Crippen molar-refractivity contribution in [2.45, 2.75) is 25.4 Å². The summed E-state index contributed by atoms with van der Waals surface area (Å²) in [6.45, 7) is 1.61. The zero-order valence-corrected chi connectivity index (χ0v) is 12.4. The molecular weight excluding hydrogens is 358 g/mol. The number of hydrogen-bond donors (Lipinski definition) is 1. The fourth-order valence-electron chi connectivity index (χ4n) is 1.96. The predicted octanol–water partition coefficient (Wildman–Crippen LogP) is 3.32. The van der Waals surface area contributed by atoms with E-state index in [1.165, 1.54) is 4.88 Å². The summed E-state index contributed by atoms with van der Waals surface area (Å²) in [4.78, 5) is 14.2. The minimum atomic E-state index is -0.702. The van der Waals surface area contributed by atoms with Gasteiger partial charge in [-0.1, -0.05) is 0 Å². The van der Waals surface area contributed by atoms with Crippen LogP contribution in [0, 0.1) is 0 Å². The molecule has 1 aliphatic heterocycles. The Morgan fingerprint density at radius 2 is 2.38 bits per heavy atom. The van der Waals surface area contributed by atoms with E-state index in [2.05, 4.69) is 31.9 Å². The van der Waals surface area contributed by atoms with Gasteiger partial charge in [-0.2, -0.15) is 0 Å². The molecule has 1 saturated heterocycles. The van der Waals surface area contributed by atoms with Crippen LogP contribution in [0.3, 0.4) is 0 Å². The Labute approximate surface area is 115 Å². The summed E-state index contributed by atoms with van der Waals surface area (Å²) in [5, 5.41) is 9.06. The molecule has 2 heterocycles. The molecule has 6 heteroatoms. The molecule has 0 radical (unpaired) electrons. The molecule has 1 N–H and O–H groups in total. The van der Waals surface area contributed by atoms with Gasteiger partial charge in [-0.15, -0.1) is 11.3 Å². The largest absolute Gasteiger partial charge is 0.480 e. The first-order valence-corrected chi connectivity index (χ1v) is 7.38. The second kappa shape index (κ2) is 5.16. The number of carboxylic acid groups (broad SMARTS) is 1. The molecular formula is C10H11Br2NO2S. The fraction of sp³-hybridized carbons (Fsp3) is 0.500. The number of halogens is 2. The van der Waals surface area contributed by atoms with Gasteiger partial charge in [0.2, 0.25) is 0 Å². The number of rotatable bonds is 3. The molecule has 0 bridgehead atoms. The quantitative estimate of drug-likeness (QED) is 0.889. The van der Waals surface area contributed by atoms with E-state index in [9.17, 15) is 4.79 Å². The SMILES string of the molecule is O=C(O)C1CCCN1Cc1cc(Br)c(Br)s1. The Morgan fingerprint density at radius 1 is 1.62 bits per heavy atom. The first kappa shape index (κ1) is 12.5. The molecule has 2 rings (SSSR count). The van der Waals surface area contributed by atoms with Crippen molar-refractivity contribution in [1.29, 1.82) is 0 Å². The Bertz CT molecular complexity index is 388. The summed E-state index contributed by atoms with van der Waals surface area (Å²) in [5.41, 5.74) is 0. The highest BCUT2D eigenvalue weighted by Crippen LogP contribution is 2.34. The van der Waals surface area contributed by atoms with Gasteiger partial charge in [0.1, 0.15) is 6.04 Å². The van der Waals surface area contributed by atoms with Crippen LogP contribution in [0.4, 0.5) is 0 Å². The normalized spacial score (nSPS) is 21.5. The van der Waals surface area contributed by atoms with Crippen LogP contribution < -0.4 is 0 Å². The molecule has 1 fully saturated rings. The number of nitrogens with zero attached hydrogens (tertiary/aromatic N) is 1. The maximum atomic E-state index is 11.0. The van der Waals surface area contributed by atoms with Gasteiger partial charge in [-0.25, -0.2) is 0 Å². The van der Waals surface area contributed by atoms with Crippen molar-refractivity contribution in [3.05, 3.63) is 19.2 Å². The molecule has 1 unspecified atom stereocenters. The van der Waals surface area contributed by atoms with Gasteiger partial charge in [0, 0.05) is 15.9 Å². The fourth-order valence-corrected chi connectivity index (χ4v) is 4.17. The highest BCUT2D eigenvalue weighted by atomic mass is 79.9. The van der Waals surface area contributed by atoms with Gasteiger partial charge in [0.25, 0.3) is 0 Å². The van der Waals surface area contributed by atoms with Crippen molar-refractivity contribution in [2.24, 2.45) is 0 Å². The van der Waals surface area contributed by atoms with Gasteiger partial charge in [-0.3, -0.25) is 9.69 Å². The van der Waals surface area contributed by atoms with Gasteiger partial charge in [-0.05, 0) is 57.3 Å². The summed E-state index contributed by atoms with van der Waals surface area (Å²) < 4.78 is 2.10. The van der Waals surface area contributed by atoms with Crippen LogP contribution in [-0.2, 0) is 11.3 Å². The van der Waals surface area contributed by atoms with Crippen LogP contribution in [0.2, 0.25) is 0 Å². The lowest BCUT2D eigenvalue weighted by molar-refractivity contribution is -0.142. The molecule has 1 aromatic rings. The minimum Gasteiger partial charge on any atom is -0.480 e. The van der Waals surface area contributed by atoms with E-state index in [0.29, 0.717) is 0 Å². The predicted molar refractivity (Wildman–Crippen MR) is 70.8 cm³/mol. The number of likely N-dealkylation sites (tertiary alicyclic amines) is 1. The molecule has 1 aliphatic rings. The average Bonchev–Trinajstić information content (AvgIpc) is 2.75. The van der Waals surface area contributed by atoms with E-state index < -0.39 is 5.97 Å². The number of aliphatic carboxylic acids is 1. The minimum absolute atomic E-state index is 0.306. The summed E-state index contributed by atoms with van der Waals surface area (Å²) in [6.07, 6.45) is 1.74. The Kier molecular flexibility index (Phi) is 4.05. The number of thiophene rings is 1. The van der Waals surface area contributed by atoms with Crippen LogP contribution in [-0.4, -0.2) is 28.6 Å². The molecule has 0 amide bonds. The molecule has 0 aromatic carbocycles. The van der Waals surface area contributed by atoms with Gasteiger partial charge < -0.3 is 5.11 Å². The maximum Gasteiger partial charge on any atom is 0.320 e. The molecule has 0 spiro atoms.